The molecular formula is C17H26N2O4. The summed E-state index contributed by atoms with van der Waals surface area (Å²) in [6.45, 7) is 4.11. The number of ether oxygens (including phenoxy) is 1. The van der Waals surface area contributed by atoms with E-state index in [9.17, 15) is 9.59 Å². The van der Waals surface area contributed by atoms with Gasteiger partial charge in [0.2, 0.25) is 0 Å². The molecular weight excluding hydrogens is 296 g/mol. The van der Waals surface area contributed by atoms with Crippen molar-refractivity contribution >= 4 is 12.0 Å². The lowest BCUT2D eigenvalue weighted by atomic mass is 10.0. The van der Waals surface area contributed by atoms with Gasteiger partial charge in [-0.05, 0) is 32.3 Å². The van der Waals surface area contributed by atoms with E-state index in [1.165, 1.54) is 0 Å². The SMILES string of the molecule is COCC(C)(C)NC(=O)NC(CCC(=O)O)Cc1ccccc1. The van der Waals surface area contributed by atoms with Crippen LogP contribution in [0.25, 0.3) is 0 Å². The average Bonchev–Trinajstić information content (AvgIpc) is 2.45. The third-order valence-electron chi connectivity index (χ3n) is 3.32. The van der Waals surface area contributed by atoms with Gasteiger partial charge < -0.3 is 20.5 Å². The number of hydrogen-bond acceptors (Lipinski definition) is 3. The molecule has 23 heavy (non-hydrogen) atoms. The fraction of sp³-hybridized carbons (Fsp3) is 0.529. The third kappa shape index (κ3) is 8.21. The standard InChI is InChI=1S/C17H26N2O4/c1-17(2,12-23-3)19-16(22)18-14(9-10-15(20)21)11-13-7-5-4-6-8-13/h4-8,14H,9-12H2,1-3H3,(H,20,21)(H2,18,19,22). The number of methoxy groups -OCH3 is 1. The molecule has 6 heteroatoms. The summed E-state index contributed by atoms with van der Waals surface area (Å²) in [6.07, 6.45) is 0.980. The summed E-state index contributed by atoms with van der Waals surface area (Å²) in [6, 6.07) is 9.12. The minimum absolute atomic E-state index is 0.0131. The summed E-state index contributed by atoms with van der Waals surface area (Å²) in [5.74, 6) is -0.870. The third-order valence-corrected chi connectivity index (χ3v) is 3.32. The first-order valence-electron chi connectivity index (χ1n) is 7.66. The predicted molar refractivity (Wildman–Crippen MR) is 88.4 cm³/mol. The van der Waals surface area contributed by atoms with Crippen LogP contribution in [0.4, 0.5) is 4.79 Å². The number of aliphatic carboxylic acids is 1. The van der Waals surface area contributed by atoms with Gasteiger partial charge in [-0.3, -0.25) is 4.79 Å². The van der Waals surface area contributed by atoms with E-state index in [2.05, 4.69) is 10.6 Å². The summed E-state index contributed by atoms with van der Waals surface area (Å²) in [4.78, 5) is 23.0. The number of amides is 2. The van der Waals surface area contributed by atoms with Crippen LogP contribution in [0.3, 0.4) is 0 Å². The van der Waals surface area contributed by atoms with Gasteiger partial charge >= 0.3 is 12.0 Å². The Labute approximate surface area is 137 Å². The molecule has 0 saturated carbocycles. The number of nitrogens with one attached hydrogen (secondary N) is 2. The van der Waals surface area contributed by atoms with Gasteiger partial charge in [-0.2, -0.15) is 0 Å². The number of hydrogen-bond donors (Lipinski definition) is 3. The monoisotopic (exact) mass is 322 g/mol. The molecule has 0 aliphatic carbocycles. The molecule has 1 rings (SSSR count). The Hall–Kier alpha value is -2.08. The van der Waals surface area contributed by atoms with Crippen LogP contribution < -0.4 is 10.6 Å². The van der Waals surface area contributed by atoms with Gasteiger partial charge in [-0.1, -0.05) is 30.3 Å². The highest BCUT2D eigenvalue weighted by molar-refractivity contribution is 5.75. The van der Waals surface area contributed by atoms with Crippen molar-refractivity contribution in [3.05, 3.63) is 35.9 Å². The normalized spacial score (nSPS) is 12.5. The minimum Gasteiger partial charge on any atom is -0.481 e. The summed E-state index contributed by atoms with van der Waals surface area (Å²) in [5.41, 5.74) is 0.558. The fourth-order valence-electron chi connectivity index (χ4n) is 2.35. The highest BCUT2D eigenvalue weighted by atomic mass is 16.5. The maximum atomic E-state index is 12.2. The molecule has 1 unspecified atom stereocenters. The van der Waals surface area contributed by atoms with Gasteiger partial charge in [-0.15, -0.1) is 0 Å². The first-order chi connectivity index (χ1) is 10.8. The average molecular weight is 322 g/mol. The van der Waals surface area contributed by atoms with Gasteiger partial charge in [0.1, 0.15) is 0 Å². The fourth-order valence-corrected chi connectivity index (χ4v) is 2.35. The van der Waals surface area contributed by atoms with Crippen LogP contribution in [0.1, 0.15) is 32.3 Å². The first-order valence-corrected chi connectivity index (χ1v) is 7.66. The molecule has 0 spiro atoms. The smallest absolute Gasteiger partial charge is 0.315 e. The number of carbonyl (C=O) groups excluding carboxylic acids is 1. The topological polar surface area (TPSA) is 87.7 Å². The van der Waals surface area contributed by atoms with Gasteiger partial charge in [0.25, 0.3) is 0 Å². The maximum absolute atomic E-state index is 12.2. The van der Waals surface area contributed by atoms with Crippen molar-refractivity contribution in [2.75, 3.05) is 13.7 Å². The number of carbonyl (C=O) groups is 2. The van der Waals surface area contributed by atoms with Gasteiger partial charge in [0.05, 0.1) is 12.1 Å². The van der Waals surface area contributed by atoms with Crippen molar-refractivity contribution in [3.8, 4) is 0 Å². The van der Waals surface area contributed by atoms with Crippen molar-refractivity contribution in [1.29, 1.82) is 0 Å². The lowest BCUT2D eigenvalue weighted by molar-refractivity contribution is -0.137. The zero-order valence-electron chi connectivity index (χ0n) is 14.0. The molecule has 1 aromatic rings. The largest absolute Gasteiger partial charge is 0.481 e. The Morgan fingerprint density at radius 1 is 1.26 bits per heavy atom. The number of rotatable bonds is 9. The lowest BCUT2D eigenvalue weighted by Gasteiger charge is -2.27. The zero-order chi connectivity index (χ0) is 17.3. The minimum atomic E-state index is -0.870. The maximum Gasteiger partial charge on any atom is 0.315 e. The van der Waals surface area contributed by atoms with Crippen LogP contribution in [-0.2, 0) is 16.0 Å². The molecule has 0 saturated heterocycles. The molecule has 1 aromatic carbocycles. The zero-order valence-corrected chi connectivity index (χ0v) is 14.0. The predicted octanol–water partition coefficient (Wildman–Crippen LogP) is 2.19. The van der Waals surface area contributed by atoms with E-state index in [4.69, 9.17) is 9.84 Å². The molecule has 6 nitrogen and oxygen atoms in total. The molecule has 1 atom stereocenters. The van der Waals surface area contributed by atoms with Crippen molar-refractivity contribution < 1.29 is 19.4 Å². The Bertz CT molecular complexity index is 503. The second kappa shape index (κ2) is 9.15. The van der Waals surface area contributed by atoms with Gasteiger partial charge in [-0.25, -0.2) is 4.79 Å². The van der Waals surface area contributed by atoms with Crippen molar-refractivity contribution in [1.82, 2.24) is 10.6 Å². The van der Waals surface area contributed by atoms with Crippen LogP contribution in [0.5, 0.6) is 0 Å². The number of carboxylic acids is 1. The molecule has 0 bridgehead atoms. The van der Waals surface area contributed by atoms with E-state index >= 15 is 0 Å². The summed E-state index contributed by atoms with van der Waals surface area (Å²) in [7, 11) is 1.58. The summed E-state index contributed by atoms with van der Waals surface area (Å²) < 4.78 is 5.07. The Morgan fingerprint density at radius 2 is 1.91 bits per heavy atom. The first kappa shape index (κ1) is 19.0. The highest BCUT2D eigenvalue weighted by Crippen LogP contribution is 2.09. The Balaban J connectivity index is 2.64. The van der Waals surface area contributed by atoms with E-state index in [0.717, 1.165) is 5.56 Å². The Kier molecular flexibility index (Phi) is 7.54. The van der Waals surface area contributed by atoms with Crippen LogP contribution >= 0.6 is 0 Å². The molecule has 2 amide bonds. The molecule has 128 valence electrons. The summed E-state index contributed by atoms with van der Waals surface area (Å²) in [5, 5.41) is 14.6. The molecule has 0 radical (unpaired) electrons. The number of urea groups is 1. The highest BCUT2D eigenvalue weighted by Gasteiger charge is 2.22. The van der Waals surface area contributed by atoms with Gasteiger partial charge in [0.15, 0.2) is 0 Å². The molecule has 0 aliphatic rings. The van der Waals surface area contributed by atoms with Crippen LogP contribution in [0.15, 0.2) is 30.3 Å². The summed E-state index contributed by atoms with van der Waals surface area (Å²) >= 11 is 0. The molecule has 0 aliphatic heterocycles. The number of carboxylic acid groups (broad SMARTS) is 1. The van der Waals surface area contributed by atoms with Crippen molar-refractivity contribution in [2.45, 2.75) is 44.7 Å². The molecule has 0 aromatic heterocycles. The molecule has 3 N–H and O–H groups in total. The van der Waals surface area contributed by atoms with E-state index in [1.807, 2.05) is 44.2 Å². The number of benzene rings is 1. The van der Waals surface area contributed by atoms with E-state index < -0.39 is 11.5 Å². The van der Waals surface area contributed by atoms with Gasteiger partial charge in [0, 0.05) is 19.6 Å². The molecule has 0 heterocycles. The molecule has 0 fully saturated rings. The second-order valence-electron chi connectivity index (χ2n) is 6.23. The Morgan fingerprint density at radius 3 is 2.48 bits per heavy atom. The van der Waals surface area contributed by atoms with Crippen LogP contribution in [0, 0.1) is 0 Å². The lowest BCUT2D eigenvalue weighted by Crippen LogP contribution is -2.53. The van der Waals surface area contributed by atoms with Crippen molar-refractivity contribution in [3.63, 3.8) is 0 Å². The van der Waals surface area contributed by atoms with Crippen LogP contribution in [0.2, 0.25) is 0 Å². The quantitative estimate of drug-likeness (QED) is 0.650. The second-order valence-corrected chi connectivity index (χ2v) is 6.23. The van der Waals surface area contributed by atoms with E-state index in [0.29, 0.717) is 19.4 Å². The van der Waals surface area contributed by atoms with E-state index in [-0.39, 0.29) is 18.5 Å². The van der Waals surface area contributed by atoms with Crippen LogP contribution in [-0.4, -0.2) is 42.4 Å². The van der Waals surface area contributed by atoms with E-state index in [1.54, 1.807) is 7.11 Å². The van der Waals surface area contributed by atoms with Crippen molar-refractivity contribution in [2.24, 2.45) is 0 Å².